The summed E-state index contributed by atoms with van der Waals surface area (Å²) in [4.78, 5) is 0. The van der Waals surface area contributed by atoms with Crippen LogP contribution in [0.3, 0.4) is 0 Å². The molecule has 1 aromatic rings. The van der Waals surface area contributed by atoms with Gasteiger partial charge in [0.1, 0.15) is 0 Å². The highest BCUT2D eigenvalue weighted by molar-refractivity contribution is 5.30. The Kier molecular flexibility index (Phi) is 1.56. The van der Waals surface area contributed by atoms with Gasteiger partial charge < -0.3 is 5.73 Å². The van der Waals surface area contributed by atoms with Crippen LogP contribution < -0.4 is 5.73 Å². The molecule has 0 aromatic carbocycles. The largest absolute Gasteiger partial charge is 0.396 e. The number of hydrogen-bond donors (Lipinski definition) is 1. The predicted octanol–water partition coefficient (Wildman–Crippen LogP) is 1.58. The molecule has 1 aromatic heterocycles. The van der Waals surface area contributed by atoms with Crippen LogP contribution >= 0.6 is 0 Å². The van der Waals surface area contributed by atoms with Gasteiger partial charge in [-0.15, -0.1) is 0 Å². The highest BCUT2D eigenvalue weighted by Crippen LogP contribution is 2.28. The smallest absolute Gasteiger partial charge is 0.0719 e. The first-order valence-corrected chi connectivity index (χ1v) is 4.16. The molecule has 0 unspecified atom stereocenters. The van der Waals surface area contributed by atoms with E-state index in [1.54, 1.807) is 6.20 Å². The van der Waals surface area contributed by atoms with E-state index in [1.165, 1.54) is 25.7 Å². The zero-order valence-corrected chi connectivity index (χ0v) is 6.53. The van der Waals surface area contributed by atoms with E-state index in [4.69, 9.17) is 5.73 Å². The summed E-state index contributed by atoms with van der Waals surface area (Å²) in [6.45, 7) is 0. The van der Waals surface area contributed by atoms with Crippen LogP contribution in [0.25, 0.3) is 0 Å². The Morgan fingerprint density at radius 2 is 2.18 bits per heavy atom. The van der Waals surface area contributed by atoms with Crippen molar-refractivity contribution in [1.29, 1.82) is 0 Å². The van der Waals surface area contributed by atoms with Crippen molar-refractivity contribution < 1.29 is 0 Å². The fourth-order valence-corrected chi connectivity index (χ4v) is 1.72. The SMILES string of the molecule is Nc1cnn(C2CCCC2)c1. The van der Waals surface area contributed by atoms with Gasteiger partial charge in [0.25, 0.3) is 0 Å². The molecular formula is C8H13N3. The third kappa shape index (κ3) is 1.23. The number of anilines is 1. The highest BCUT2D eigenvalue weighted by Gasteiger charge is 2.16. The van der Waals surface area contributed by atoms with E-state index in [-0.39, 0.29) is 0 Å². The molecule has 1 fully saturated rings. The summed E-state index contributed by atoms with van der Waals surface area (Å²) in [6.07, 6.45) is 8.85. The Bertz CT molecular complexity index is 235. The lowest BCUT2D eigenvalue weighted by Gasteiger charge is -2.07. The summed E-state index contributed by atoms with van der Waals surface area (Å²) in [5, 5.41) is 4.19. The lowest BCUT2D eigenvalue weighted by Crippen LogP contribution is -2.04. The Hall–Kier alpha value is -0.990. The van der Waals surface area contributed by atoms with Crippen molar-refractivity contribution in [2.75, 3.05) is 5.73 Å². The van der Waals surface area contributed by atoms with Gasteiger partial charge in [-0.3, -0.25) is 4.68 Å². The van der Waals surface area contributed by atoms with Gasteiger partial charge in [0.2, 0.25) is 0 Å². The minimum Gasteiger partial charge on any atom is -0.396 e. The summed E-state index contributed by atoms with van der Waals surface area (Å²) >= 11 is 0. The molecule has 0 spiro atoms. The molecule has 0 saturated heterocycles. The molecule has 0 aliphatic heterocycles. The quantitative estimate of drug-likeness (QED) is 0.662. The Morgan fingerprint density at radius 3 is 2.73 bits per heavy atom. The van der Waals surface area contributed by atoms with E-state index in [1.807, 2.05) is 10.9 Å². The first kappa shape index (κ1) is 6.70. The summed E-state index contributed by atoms with van der Waals surface area (Å²) in [5.41, 5.74) is 6.34. The Balaban J connectivity index is 2.15. The molecule has 2 N–H and O–H groups in total. The van der Waals surface area contributed by atoms with Crippen molar-refractivity contribution in [2.24, 2.45) is 0 Å². The normalized spacial score (nSPS) is 19.3. The maximum Gasteiger partial charge on any atom is 0.0719 e. The number of nitrogens with zero attached hydrogens (tertiary/aromatic N) is 2. The van der Waals surface area contributed by atoms with Crippen molar-refractivity contribution in [3.63, 3.8) is 0 Å². The molecule has 1 aliphatic rings. The Labute approximate surface area is 66.2 Å². The zero-order valence-electron chi connectivity index (χ0n) is 6.53. The molecule has 0 bridgehead atoms. The van der Waals surface area contributed by atoms with Crippen LogP contribution in [0, 0.1) is 0 Å². The lowest BCUT2D eigenvalue weighted by atomic mass is 10.3. The fourth-order valence-electron chi connectivity index (χ4n) is 1.72. The minimum absolute atomic E-state index is 0.618. The van der Waals surface area contributed by atoms with Crippen LogP contribution in [0.5, 0.6) is 0 Å². The topological polar surface area (TPSA) is 43.8 Å². The van der Waals surface area contributed by atoms with Crippen molar-refractivity contribution >= 4 is 5.69 Å². The van der Waals surface area contributed by atoms with E-state index in [9.17, 15) is 0 Å². The maximum absolute atomic E-state index is 5.56. The third-order valence-corrected chi connectivity index (χ3v) is 2.32. The van der Waals surface area contributed by atoms with E-state index in [0.29, 0.717) is 6.04 Å². The van der Waals surface area contributed by atoms with Gasteiger partial charge in [-0.05, 0) is 12.8 Å². The van der Waals surface area contributed by atoms with Crippen LogP contribution in [0.15, 0.2) is 12.4 Å². The average molecular weight is 151 g/mol. The molecule has 0 radical (unpaired) electrons. The maximum atomic E-state index is 5.56. The van der Waals surface area contributed by atoms with Gasteiger partial charge in [-0.25, -0.2) is 0 Å². The van der Waals surface area contributed by atoms with Crippen molar-refractivity contribution in [1.82, 2.24) is 9.78 Å². The van der Waals surface area contributed by atoms with E-state index in [2.05, 4.69) is 5.10 Å². The second kappa shape index (κ2) is 2.57. The molecule has 60 valence electrons. The van der Waals surface area contributed by atoms with Crippen LogP contribution in [0.4, 0.5) is 5.69 Å². The number of nitrogen functional groups attached to an aromatic ring is 1. The standard InChI is InChI=1S/C8H13N3/c9-7-5-10-11(6-7)8-3-1-2-4-8/h5-6,8H,1-4,9H2. The van der Waals surface area contributed by atoms with E-state index < -0.39 is 0 Å². The summed E-state index contributed by atoms with van der Waals surface area (Å²) < 4.78 is 2.00. The second-order valence-corrected chi connectivity index (χ2v) is 3.19. The number of hydrogen-bond acceptors (Lipinski definition) is 2. The number of nitrogens with two attached hydrogens (primary N) is 1. The first-order valence-electron chi connectivity index (χ1n) is 4.16. The van der Waals surface area contributed by atoms with Gasteiger partial charge in [0.05, 0.1) is 17.9 Å². The average Bonchev–Trinajstić information content (AvgIpc) is 2.55. The van der Waals surface area contributed by atoms with Gasteiger partial charge >= 0.3 is 0 Å². The summed E-state index contributed by atoms with van der Waals surface area (Å²) in [6, 6.07) is 0.618. The molecule has 11 heavy (non-hydrogen) atoms. The molecular weight excluding hydrogens is 138 g/mol. The van der Waals surface area contributed by atoms with Crippen molar-refractivity contribution in [2.45, 2.75) is 31.7 Å². The van der Waals surface area contributed by atoms with Gasteiger partial charge in [0.15, 0.2) is 0 Å². The molecule has 1 saturated carbocycles. The third-order valence-electron chi connectivity index (χ3n) is 2.32. The van der Waals surface area contributed by atoms with E-state index in [0.717, 1.165) is 5.69 Å². The molecule has 0 atom stereocenters. The van der Waals surface area contributed by atoms with Gasteiger partial charge in [0, 0.05) is 6.20 Å². The molecule has 1 aliphatic carbocycles. The summed E-state index contributed by atoms with van der Waals surface area (Å²) in [5.74, 6) is 0. The molecule has 2 rings (SSSR count). The molecule has 0 amide bonds. The van der Waals surface area contributed by atoms with Crippen LogP contribution in [-0.4, -0.2) is 9.78 Å². The van der Waals surface area contributed by atoms with Gasteiger partial charge in [-0.2, -0.15) is 5.10 Å². The molecule has 3 heteroatoms. The van der Waals surface area contributed by atoms with Crippen LogP contribution in [0.2, 0.25) is 0 Å². The Morgan fingerprint density at radius 1 is 1.45 bits per heavy atom. The fraction of sp³-hybridized carbons (Fsp3) is 0.625. The monoisotopic (exact) mass is 151 g/mol. The zero-order chi connectivity index (χ0) is 7.68. The van der Waals surface area contributed by atoms with Crippen LogP contribution in [0.1, 0.15) is 31.7 Å². The molecule has 1 heterocycles. The highest BCUT2D eigenvalue weighted by atomic mass is 15.3. The summed E-state index contributed by atoms with van der Waals surface area (Å²) in [7, 11) is 0. The van der Waals surface area contributed by atoms with Crippen molar-refractivity contribution in [3.05, 3.63) is 12.4 Å². The van der Waals surface area contributed by atoms with E-state index >= 15 is 0 Å². The van der Waals surface area contributed by atoms with Crippen LogP contribution in [-0.2, 0) is 0 Å². The first-order chi connectivity index (χ1) is 5.36. The molecule has 3 nitrogen and oxygen atoms in total. The second-order valence-electron chi connectivity index (χ2n) is 3.19. The van der Waals surface area contributed by atoms with Gasteiger partial charge in [-0.1, -0.05) is 12.8 Å². The predicted molar refractivity (Wildman–Crippen MR) is 44.1 cm³/mol. The number of rotatable bonds is 1. The minimum atomic E-state index is 0.618. The number of aromatic nitrogens is 2. The lowest BCUT2D eigenvalue weighted by molar-refractivity contribution is 0.467. The van der Waals surface area contributed by atoms with Crippen molar-refractivity contribution in [3.8, 4) is 0 Å².